The van der Waals surface area contributed by atoms with Crippen molar-refractivity contribution in [2.45, 2.75) is 6.61 Å². The van der Waals surface area contributed by atoms with Crippen molar-refractivity contribution in [3.8, 4) is 23.1 Å². The first-order chi connectivity index (χ1) is 12.5. The normalized spacial score (nSPS) is 10.3. The molecule has 0 aliphatic carbocycles. The van der Waals surface area contributed by atoms with Crippen LogP contribution in [-0.4, -0.2) is 9.97 Å². The molecule has 0 radical (unpaired) electrons. The van der Waals surface area contributed by atoms with Crippen LogP contribution in [0.1, 0.15) is 11.1 Å². The van der Waals surface area contributed by atoms with Crippen molar-refractivity contribution in [3.63, 3.8) is 0 Å². The summed E-state index contributed by atoms with van der Waals surface area (Å²) >= 11 is 0. The average Bonchev–Trinajstić information content (AvgIpc) is 2.61. The third-order valence-corrected chi connectivity index (χ3v) is 3.62. The van der Waals surface area contributed by atoms with Gasteiger partial charge in [0.25, 0.3) is 0 Å². The molecule has 0 bridgehead atoms. The van der Waals surface area contributed by atoms with Gasteiger partial charge in [0.2, 0.25) is 5.95 Å². The first kappa shape index (κ1) is 17.1. The van der Waals surface area contributed by atoms with E-state index >= 15 is 0 Å². The van der Waals surface area contributed by atoms with Gasteiger partial charge in [-0.15, -0.1) is 0 Å². The van der Waals surface area contributed by atoms with Crippen LogP contribution in [0.2, 0.25) is 0 Å². The van der Waals surface area contributed by atoms with E-state index in [0.29, 0.717) is 11.1 Å². The first-order valence-corrected chi connectivity index (χ1v) is 7.49. The van der Waals surface area contributed by atoms with E-state index < -0.39 is 11.6 Å². The smallest absolute Gasteiger partial charge is 0.222 e. The number of aromatic nitrogens is 2. The molecule has 4 N–H and O–H groups in total. The highest BCUT2D eigenvalue weighted by Gasteiger charge is 2.16. The fourth-order valence-corrected chi connectivity index (χ4v) is 2.43. The molecular weight excluding hydrogens is 340 g/mol. The number of ether oxygens (including phenoxy) is 1. The van der Waals surface area contributed by atoms with Crippen molar-refractivity contribution in [3.05, 3.63) is 65.2 Å². The molecule has 0 aliphatic rings. The number of benzene rings is 2. The molecule has 6 nitrogen and oxygen atoms in total. The second-order valence-corrected chi connectivity index (χ2v) is 5.32. The molecule has 0 amide bonds. The lowest BCUT2D eigenvalue weighted by atomic mass is 10.0. The van der Waals surface area contributed by atoms with E-state index in [4.69, 9.17) is 16.2 Å². The molecule has 3 aromatic rings. The van der Waals surface area contributed by atoms with Crippen LogP contribution < -0.4 is 16.2 Å². The minimum absolute atomic E-state index is 0.0321. The zero-order valence-electron chi connectivity index (χ0n) is 13.4. The predicted octanol–water partition coefficient (Wildman–Crippen LogP) is 3.04. The van der Waals surface area contributed by atoms with E-state index in [9.17, 15) is 14.0 Å². The summed E-state index contributed by atoms with van der Waals surface area (Å²) in [6, 6.07) is 11.9. The third-order valence-electron chi connectivity index (χ3n) is 3.62. The van der Waals surface area contributed by atoms with E-state index in [1.165, 1.54) is 6.07 Å². The van der Waals surface area contributed by atoms with E-state index in [2.05, 4.69) is 9.97 Å². The Morgan fingerprint density at radius 1 is 1.08 bits per heavy atom. The molecule has 0 fully saturated rings. The monoisotopic (exact) mass is 353 g/mol. The Morgan fingerprint density at radius 2 is 1.85 bits per heavy atom. The highest BCUT2D eigenvalue weighted by molar-refractivity contribution is 5.75. The molecule has 1 aromatic heterocycles. The minimum atomic E-state index is -0.810. The van der Waals surface area contributed by atoms with Gasteiger partial charge in [-0.3, -0.25) is 0 Å². The van der Waals surface area contributed by atoms with Crippen molar-refractivity contribution in [1.29, 1.82) is 5.26 Å². The summed E-state index contributed by atoms with van der Waals surface area (Å²) in [6.45, 7) is -0.0343. The summed E-state index contributed by atoms with van der Waals surface area (Å²) in [5.41, 5.74) is 12.9. The molecule has 0 saturated heterocycles. The van der Waals surface area contributed by atoms with Crippen molar-refractivity contribution in [2.75, 3.05) is 11.5 Å². The van der Waals surface area contributed by atoms with Crippen LogP contribution in [0.5, 0.6) is 5.75 Å². The van der Waals surface area contributed by atoms with Crippen molar-refractivity contribution in [2.24, 2.45) is 0 Å². The van der Waals surface area contributed by atoms with Crippen molar-refractivity contribution in [1.82, 2.24) is 9.97 Å². The Hall–Kier alpha value is -3.73. The van der Waals surface area contributed by atoms with Gasteiger partial charge in [0.15, 0.2) is 11.6 Å². The molecular formula is C18H13F2N5O. The molecule has 3 rings (SSSR count). The Bertz CT molecular complexity index is 1020. The number of halogens is 2. The fourth-order valence-electron chi connectivity index (χ4n) is 2.43. The number of nitrogens with zero attached hydrogens (tertiary/aromatic N) is 3. The van der Waals surface area contributed by atoms with Crippen LogP contribution in [0.3, 0.4) is 0 Å². The second-order valence-electron chi connectivity index (χ2n) is 5.32. The van der Waals surface area contributed by atoms with Crippen LogP contribution in [0.25, 0.3) is 11.3 Å². The maximum Gasteiger partial charge on any atom is 0.222 e. The number of nitriles is 1. The van der Waals surface area contributed by atoms with Gasteiger partial charge in [0.05, 0.1) is 5.69 Å². The highest BCUT2D eigenvalue weighted by Crippen LogP contribution is 2.29. The van der Waals surface area contributed by atoms with Crippen LogP contribution in [0.4, 0.5) is 20.5 Å². The van der Waals surface area contributed by atoms with E-state index in [0.717, 1.165) is 12.1 Å². The lowest BCUT2D eigenvalue weighted by Gasteiger charge is -2.13. The number of nitrogen functional groups attached to an aromatic ring is 2. The van der Waals surface area contributed by atoms with Gasteiger partial charge >= 0.3 is 0 Å². The predicted molar refractivity (Wildman–Crippen MR) is 91.7 cm³/mol. The molecule has 0 aliphatic heterocycles. The molecule has 0 saturated carbocycles. The zero-order chi connectivity index (χ0) is 18.7. The zero-order valence-corrected chi connectivity index (χ0v) is 13.4. The summed E-state index contributed by atoms with van der Waals surface area (Å²) in [5, 5.41) is 9.35. The first-order valence-electron chi connectivity index (χ1n) is 7.49. The lowest BCUT2D eigenvalue weighted by molar-refractivity contribution is 0.290. The average molecular weight is 353 g/mol. The maximum atomic E-state index is 13.7. The number of hydrogen-bond acceptors (Lipinski definition) is 6. The van der Waals surface area contributed by atoms with Crippen molar-refractivity contribution < 1.29 is 13.5 Å². The van der Waals surface area contributed by atoms with E-state index in [-0.39, 0.29) is 35.4 Å². The molecule has 8 heteroatoms. The van der Waals surface area contributed by atoms with Crippen LogP contribution >= 0.6 is 0 Å². The van der Waals surface area contributed by atoms with Gasteiger partial charge in [-0.1, -0.05) is 24.3 Å². The quantitative estimate of drug-likeness (QED) is 0.746. The lowest BCUT2D eigenvalue weighted by Crippen LogP contribution is -2.07. The summed E-state index contributed by atoms with van der Waals surface area (Å²) in [4.78, 5) is 7.88. The molecule has 0 atom stereocenters. The summed E-state index contributed by atoms with van der Waals surface area (Å²) in [7, 11) is 0. The Balaban J connectivity index is 1.99. The molecule has 130 valence electrons. The van der Waals surface area contributed by atoms with Crippen LogP contribution in [-0.2, 0) is 6.61 Å². The fraction of sp³-hybridized carbons (Fsp3) is 0.0556. The van der Waals surface area contributed by atoms with Crippen LogP contribution in [0.15, 0.2) is 42.5 Å². The third kappa shape index (κ3) is 3.37. The van der Waals surface area contributed by atoms with Gasteiger partial charge in [0.1, 0.15) is 29.9 Å². The summed E-state index contributed by atoms with van der Waals surface area (Å²) in [5.74, 6) is -1.70. The topological polar surface area (TPSA) is 111 Å². The number of nitrogens with two attached hydrogens (primary N) is 2. The van der Waals surface area contributed by atoms with Gasteiger partial charge in [-0.25, -0.2) is 13.8 Å². The number of anilines is 2. The number of rotatable bonds is 4. The van der Waals surface area contributed by atoms with E-state index in [1.54, 1.807) is 24.3 Å². The molecule has 0 unspecified atom stereocenters. The molecule has 2 aromatic carbocycles. The Morgan fingerprint density at radius 3 is 2.58 bits per heavy atom. The van der Waals surface area contributed by atoms with Gasteiger partial charge in [-0.2, -0.15) is 10.2 Å². The Kier molecular flexibility index (Phi) is 4.62. The summed E-state index contributed by atoms with van der Waals surface area (Å²) < 4.78 is 32.2. The van der Waals surface area contributed by atoms with Gasteiger partial charge in [0, 0.05) is 11.6 Å². The number of hydrogen-bond donors (Lipinski definition) is 2. The molecule has 0 spiro atoms. The van der Waals surface area contributed by atoms with Crippen LogP contribution in [0, 0.1) is 23.0 Å². The van der Waals surface area contributed by atoms with Crippen molar-refractivity contribution >= 4 is 11.8 Å². The second kappa shape index (κ2) is 7.03. The molecule has 1 heterocycles. The maximum absolute atomic E-state index is 13.7. The largest absolute Gasteiger partial charge is 0.486 e. The SMILES string of the molecule is N#Cc1c(N)nc(N)nc1-c1ccccc1COc1ccc(F)cc1F. The van der Waals surface area contributed by atoms with Gasteiger partial charge < -0.3 is 16.2 Å². The van der Waals surface area contributed by atoms with E-state index in [1.807, 2.05) is 6.07 Å². The molecule has 26 heavy (non-hydrogen) atoms. The standard InChI is InChI=1S/C18H13F2N5O/c19-11-5-6-15(14(20)7-11)26-9-10-3-1-2-4-12(10)16-13(8-21)17(22)25-18(23)24-16/h1-7H,9H2,(H4,22,23,24,25). The minimum Gasteiger partial charge on any atom is -0.486 e. The Labute approximate surface area is 147 Å². The summed E-state index contributed by atoms with van der Waals surface area (Å²) in [6.07, 6.45) is 0. The highest BCUT2D eigenvalue weighted by atomic mass is 19.1. The van der Waals surface area contributed by atoms with Gasteiger partial charge in [-0.05, 0) is 17.7 Å².